The molecular weight excluding hydrogens is 388 g/mol. The molecule has 1 amide bonds. The van der Waals surface area contributed by atoms with E-state index in [4.69, 9.17) is 16.3 Å². The lowest BCUT2D eigenvalue weighted by atomic mass is 10.0. The van der Waals surface area contributed by atoms with Gasteiger partial charge >= 0.3 is 0 Å². The van der Waals surface area contributed by atoms with Gasteiger partial charge in [0.05, 0.1) is 12.0 Å². The third-order valence-corrected chi connectivity index (χ3v) is 6.33. The van der Waals surface area contributed by atoms with E-state index in [0.717, 1.165) is 0 Å². The Kier molecular flexibility index (Phi) is 6.04. The molecule has 0 aromatic heterocycles. The number of piperidine rings is 1. The van der Waals surface area contributed by atoms with Crippen molar-refractivity contribution in [3.05, 3.63) is 59.1 Å². The molecule has 0 unspecified atom stereocenters. The molecule has 1 fully saturated rings. The van der Waals surface area contributed by atoms with E-state index in [2.05, 4.69) is 4.72 Å². The molecule has 27 heavy (non-hydrogen) atoms. The van der Waals surface area contributed by atoms with Crippen molar-refractivity contribution < 1.29 is 17.9 Å². The van der Waals surface area contributed by atoms with E-state index in [0.29, 0.717) is 42.3 Å². The molecule has 8 heteroatoms. The Hall–Kier alpha value is -2.09. The summed E-state index contributed by atoms with van der Waals surface area (Å²) in [5, 5.41) is 0.485. The third kappa shape index (κ3) is 4.80. The minimum atomic E-state index is -3.60. The SMILES string of the molecule is COc1cccc(C(=O)N2CCC(NS(=O)(=O)c3ccc(Cl)cc3)CC2)c1. The van der Waals surface area contributed by atoms with Crippen molar-refractivity contribution in [2.24, 2.45) is 0 Å². The molecule has 3 rings (SSSR count). The highest BCUT2D eigenvalue weighted by molar-refractivity contribution is 7.89. The summed E-state index contributed by atoms with van der Waals surface area (Å²) in [6, 6.07) is 12.9. The van der Waals surface area contributed by atoms with Crippen molar-refractivity contribution >= 4 is 27.5 Å². The highest BCUT2D eigenvalue weighted by atomic mass is 35.5. The second-order valence-electron chi connectivity index (χ2n) is 6.37. The van der Waals surface area contributed by atoms with Gasteiger partial charge in [-0.3, -0.25) is 4.79 Å². The predicted octanol–water partition coefficient (Wildman–Crippen LogP) is 2.93. The van der Waals surface area contributed by atoms with Crippen molar-refractivity contribution in [1.29, 1.82) is 0 Å². The number of amides is 1. The Balaban J connectivity index is 1.60. The molecule has 144 valence electrons. The van der Waals surface area contributed by atoms with Gasteiger partial charge in [-0.1, -0.05) is 17.7 Å². The highest BCUT2D eigenvalue weighted by Crippen LogP contribution is 2.20. The molecule has 6 nitrogen and oxygen atoms in total. The number of halogens is 1. The van der Waals surface area contributed by atoms with E-state index >= 15 is 0 Å². The second kappa shape index (κ2) is 8.29. The van der Waals surface area contributed by atoms with Crippen LogP contribution in [0.2, 0.25) is 5.02 Å². The number of hydrogen-bond acceptors (Lipinski definition) is 4. The monoisotopic (exact) mass is 408 g/mol. The Morgan fingerprint density at radius 2 is 1.81 bits per heavy atom. The van der Waals surface area contributed by atoms with Crippen LogP contribution in [0.15, 0.2) is 53.4 Å². The Morgan fingerprint density at radius 1 is 1.15 bits per heavy atom. The maximum absolute atomic E-state index is 12.6. The van der Waals surface area contributed by atoms with Gasteiger partial charge in [-0.05, 0) is 55.3 Å². The number of nitrogens with one attached hydrogen (secondary N) is 1. The van der Waals surface area contributed by atoms with E-state index < -0.39 is 10.0 Å². The Bertz CT molecular complexity index is 908. The number of carbonyl (C=O) groups is 1. The number of ether oxygens (including phenoxy) is 1. The average Bonchev–Trinajstić information content (AvgIpc) is 2.68. The zero-order chi connectivity index (χ0) is 19.4. The first-order valence-corrected chi connectivity index (χ1v) is 10.5. The zero-order valence-electron chi connectivity index (χ0n) is 14.9. The van der Waals surface area contributed by atoms with E-state index in [1.807, 2.05) is 0 Å². The van der Waals surface area contributed by atoms with Gasteiger partial charge < -0.3 is 9.64 Å². The van der Waals surface area contributed by atoms with Crippen molar-refractivity contribution in [3.63, 3.8) is 0 Å². The summed E-state index contributed by atoms with van der Waals surface area (Å²) in [7, 11) is -2.05. The van der Waals surface area contributed by atoms with E-state index in [1.54, 1.807) is 48.4 Å². The fourth-order valence-electron chi connectivity index (χ4n) is 3.04. The standard InChI is InChI=1S/C19H21ClN2O4S/c1-26-17-4-2-3-14(13-17)19(23)22-11-9-16(10-12-22)21-27(24,25)18-7-5-15(20)6-8-18/h2-8,13,16,21H,9-12H2,1H3. The van der Waals surface area contributed by atoms with Crippen LogP contribution in [0.25, 0.3) is 0 Å². The summed E-state index contributed by atoms with van der Waals surface area (Å²) in [5.41, 5.74) is 0.564. The van der Waals surface area contributed by atoms with Crippen molar-refractivity contribution in [3.8, 4) is 5.75 Å². The maximum atomic E-state index is 12.6. The number of likely N-dealkylation sites (tertiary alicyclic amines) is 1. The van der Waals surface area contributed by atoms with Gasteiger partial charge in [-0.25, -0.2) is 13.1 Å². The summed E-state index contributed by atoms with van der Waals surface area (Å²) >= 11 is 5.81. The van der Waals surface area contributed by atoms with Crippen LogP contribution in [-0.2, 0) is 10.0 Å². The Labute approximate surface area is 164 Å². The van der Waals surface area contributed by atoms with Gasteiger partial charge in [0.1, 0.15) is 5.75 Å². The number of carbonyl (C=O) groups excluding carboxylic acids is 1. The maximum Gasteiger partial charge on any atom is 0.253 e. The Morgan fingerprint density at radius 3 is 2.44 bits per heavy atom. The molecule has 0 spiro atoms. The van der Waals surface area contributed by atoms with Crippen LogP contribution >= 0.6 is 11.6 Å². The number of rotatable bonds is 5. The lowest BCUT2D eigenvalue weighted by Gasteiger charge is -2.32. The first-order valence-electron chi connectivity index (χ1n) is 8.60. The van der Waals surface area contributed by atoms with Gasteiger partial charge in [-0.2, -0.15) is 0 Å². The summed E-state index contributed by atoms with van der Waals surface area (Å²) in [5.74, 6) is 0.555. The van der Waals surface area contributed by atoms with Crippen LogP contribution in [0.3, 0.4) is 0 Å². The van der Waals surface area contributed by atoms with Crippen LogP contribution < -0.4 is 9.46 Å². The molecule has 0 saturated carbocycles. The van der Waals surface area contributed by atoms with E-state index in [-0.39, 0.29) is 16.8 Å². The van der Waals surface area contributed by atoms with Gasteiger partial charge in [0, 0.05) is 29.7 Å². The predicted molar refractivity (Wildman–Crippen MR) is 104 cm³/mol. The molecule has 1 aliphatic rings. The van der Waals surface area contributed by atoms with Gasteiger partial charge in [0.2, 0.25) is 10.0 Å². The van der Waals surface area contributed by atoms with Crippen LogP contribution in [-0.4, -0.2) is 45.5 Å². The molecule has 0 radical (unpaired) electrons. The second-order valence-corrected chi connectivity index (χ2v) is 8.52. The first-order chi connectivity index (χ1) is 12.9. The van der Waals surface area contributed by atoms with Crippen molar-refractivity contribution in [2.75, 3.05) is 20.2 Å². The smallest absolute Gasteiger partial charge is 0.253 e. The lowest BCUT2D eigenvalue weighted by Crippen LogP contribution is -2.46. The fourth-order valence-corrected chi connectivity index (χ4v) is 4.47. The highest BCUT2D eigenvalue weighted by Gasteiger charge is 2.27. The van der Waals surface area contributed by atoms with Crippen molar-refractivity contribution in [1.82, 2.24) is 9.62 Å². The van der Waals surface area contributed by atoms with Gasteiger partial charge in [-0.15, -0.1) is 0 Å². The molecule has 2 aromatic rings. The average molecular weight is 409 g/mol. The van der Waals surface area contributed by atoms with E-state index in [1.165, 1.54) is 12.1 Å². The quantitative estimate of drug-likeness (QED) is 0.825. The summed E-state index contributed by atoms with van der Waals surface area (Å²) in [6.07, 6.45) is 1.12. The normalized spacial score (nSPS) is 15.6. The topological polar surface area (TPSA) is 75.7 Å². The third-order valence-electron chi connectivity index (χ3n) is 4.54. The number of benzene rings is 2. The van der Waals surface area contributed by atoms with Crippen molar-refractivity contribution in [2.45, 2.75) is 23.8 Å². The first kappa shape index (κ1) is 19.7. The zero-order valence-corrected chi connectivity index (χ0v) is 16.5. The fraction of sp³-hybridized carbons (Fsp3) is 0.316. The summed E-state index contributed by atoms with van der Waals surface area (Å²) in [4.78, 5) is 14.6. The lowest BCUT2D eigenvalue weighted by molar-refractivity contribution is 0.0711. The minimum Gasteiger partial charge on any atom is -0.497 e. The van der Waals surface area contributed by atoms with Crippen LogP contribution in [0, 0.1) is 0 Å². The number of nitrogens with zero attached hydrogens (tertiary/aromatic N) is 1. The summed E-state index contributed by atoms with van der Waals surface area (Å²) in [6.45, 7) is 0.980. The van der Waals surface area contributed by atoms with Gasteiger partial charge in [0.25, 0.3) is 5.91 Å². The van der Waals surface area contributed by atoms with E-state index in [9.17, 15) is 13.2 Å². The van der Waals surface area contributed by atoms with Crippen LogP contribution in [0.1, 0.15) is 23.2 Å². The molecule has 0 aliphatic carbocycles. The largest absolute Gasteiger partial charge is 0.497 e. The van der Waals surface area contributed by atoms with Crippen LogP contribution in [0.5, 0.6) is 5.75 Å². The molecule has 1 aliphatic heterocycles. The number of hydrogen-bond donors (Lipinski definition) is 1. The number of sulfonamides is 1. The number of methoxy groups -OCH3 is 1. The molecule has 0 bridgehead atoms. The molecule has 1 heterocycles. The molecule has 2 aromatic carbocycles. The molecule has 1 N–H and O–H groups in total. The van der Waals surface area contributed by atoms with Gasteiger partial charge in [0.15, 0.2) is 0 Å². The molecular formula is C19H21ClN2O4S. The molecule has 1 saturated heterocycles. The summed E-state index contributed by atoms with van der Waals surface area (Å²) < 4.78 is 32.8. The molecule has 0 atom stereocenters. The minimum absolute atomic E-state index is 0.0760. The van der Waals surface area contributed by atoms with Crippen LogP contribution in [0.4, 0.5) is 0 Å².